The van der Waals surface area contributed by atoms with E-state index in [1.54, 1.807) is 25.3 Å². The van der Waals surface area contributed by atoms with E-state index in [4.69, 9.17) is 14.8 Å². The molecule has 0 aromatic heterocycles. The van der Waals surface area contributed by atoms with Gasteiger partial charge in [-0.15, -0.1) is 0 Å². The molecule has 4 nitrogen and oxygen atoms in total. The van der Waals surface area contributed by atoms with Crippen LogP contribution in [0.15, 0.2) is 48.5 Å². The number of methoxy groups -OCH3 is 1. The van der Waals surface area contributed by atoms with E-state index in [1.807, 2.05) is 18.2 Å². The minimum absolute atomic E-state index is 0.251. The summed E-state index contributed by atoms with van der Waals surface area (Å²) in [6.45, 7) is 0. The van der Waals surface area contributed by atoms with Crippen molar-refractivity contribution in [3.63, 3.8) is 0 Å². The number of benzene rings is 2. The third-order valence-corrected chi connectivity index (χ3v) is 4.02. The van der Waals surface area contributed by atoms with Crippen LogP contribution >= 0.6 is 0 Å². The molecule has 0 radical (unpaired) electrons. The molecule has 3 rings (SSSR count). The zero-order valence-corrected chi connectivity index (χ0v) is 13.8. The molecule has 7 heteroatoms. The number of alkyl halides is 3. The second kappa shape index (κ2) is 7.10. The first-order valence-electron chi connectivity index (χ1n) is 7.79. The summed E-state index contributed by atoms with van der Waals surface area (Å²) < 4.78 is 44.3. The summed E-state index contributed by atoms with van der Waals surface area (Å²) in [5.41, 5.74) is 3.54. The maximum Gasteiger partial charge on any atom is 0.417 e. The number of ether oxygens (including phenoxy) is 1. The number of nitrogens with one attached hydrogen (secondary N) is 1. The first kappa shape index (κ1) is 17.8. The Balaban J connectivity index is 1.77. The largest absolute Gasteiger partial charge is 0.497 e. The second-order valence-electron chi connectivity index (χ2n) is 5.76. The van der Waals surface area contributed by atoms with Crippen LogP contribution in [0.4, 0.5) is 13.2 Å². The monoisotopic (exact) mass is 360 g/mol. The molecule has 0 bridgehead atoms. The maximum atomic E-state index is 13.1. The summed E-state index contributed by atoms with van der Waals surface area (Å²) in [5, 5.41) is 8.85. The van der Waals surface area contributed by atoms with Crippen LogP contribution in [0, 0.1) is 11.3 Å². The van der Waals surface area contributed by atoms with E-state index < -0.39 is 17.8 Å². The second-order valence-corrected chi connectivity index (χ2v) is 5.76. The molecule has 0 fully saturated rings. The van der Waals surface area contributed by atoms with E-state index in [2.05, 4.69) is 5.48 Å². The number of nitriles is 1. The van der Waals surface area contributed by atoms with Gasteiger partial charge in [-0.2, -0.15) is 18.4 Å². The average Bonchev–Trinajstić information content (AvgIpc) is 3.09. The van der Waals surface area contributed by atoms with Crippen molar-refractivity contribution in [3.8, 4) is 11.8 Å². The van der Waals surface area contributed by atoms with Crippen LogP contribution < -0.4 is 10.2 Å². The summed E-state index contributed by atoms with van der Waals surface area (Å²) in [7, 11) is 1.58. The highest BCUT2D eigenvalue weighted by Gasteiger charge is 2.34. The van der Waals surface area contributed by atoms with Gasteiger partial charge in [0, 0.05) is 6.42 Å². The minimum atomic E-state index is -4.57. The summed E-state index contributed by atoms with van der Waals surface area (Å²) in [6, 6.07) is 12.6. The highest BCUT2D eigenvalue weighted by molar-refractivity contribution is 5.65. The van der Waals surface area contributed by atoms with Gasteiger partial charge in [0.25, 0.3) is 0 Å². The first-order valence-corrected chi connectivity index (χ1v) is 7.79. The highest BCUT2D eigenvalue weighted by atomic mass is 19.4. The Hall–Kier alpha value is -2.98. The average molecular weight is 360 g/mol. The van der Waals surface area contributed by atoms with Gasteiger partial charge in [0.05, 0.1) is 30.0 Å². The number of nitrogens with zero attached hydrogens (tertiary/aromatic N) is 1. The van der Waals surface area contributed by atoms with Crippen molar-refractivity contribution in [3.05, 3.63) is 70.8 Å². The number of hydroxylamine groups is 1. The summed E-state index contributed by atoms with van der Waals surface area (Å²) in [5.74, 6) is 0.724. The summed E-state index contributed by atoms with van der Waals surface area (Å²) in [6.07, 6.45) is -2.92. The van der Waals surface area contributed by atoms with Crippen molar-refractivity contribution in [2.75, 3.05) is 7.11 Å². The molecule has 0 spiro atoms. The van der Waals surface area contributed by atoms with Crippen molar-refractivity contribution >= 4 is 5.70 Å². The zero-order chi connectivity index (χ0) is 18.7. The van der Waals surface area contributed by atoms with Gasteiger partial charge < -0.3 is 4.74 Å². The van der Waals surface area contributed by atoms with E-state index in [1.165, 1.54) is 12.1 Å². The normalized spacial score (nSPS) is 16.6. The lowest BCUT2D eigenvalue weighted by molar-refractivity contribution is -0.137. The fourth-order valence-corrected chi connectivity index (χ4v) is 2.70. The highest BCUT2D eigenvalue weighted by Crippen LogP contribution is 2.33. The van der Waals surface area contributed by atoms with Gasteiger partial charge in [0.15, 0.2) is 0 Å². The fourth-order valence-electron chi connectivity index (χ4n) is 2.70. The molecule has 1 atom stereocenters. The molecule has 0 saturated carbocycles. The molecule has 1 aliphatic heterocycles. The lowest BCUT2D eigenvalue weighted by Crippen LogP contribution is -2.15. The Morgan fingerprint density at radius 2 is 1.92 bits per heavy atom. The predicted molar refractivity (Wildman–Crippen MR) is 88.8 cm³/mol. The molecule has 1 unspecified atom stereocenters. The van der Waals surface area contributed by atoms with E-state index in [-0.39, 0.29) is 12.0 Å². The van der Waals surface area contributed by atoms with Gasteiger partial charge in [-0.1, -0.05) is 6.07 Å². The SMILES string of the molecule is COc1ccc(C2=CC(Cc3ccc(C#N)c(C(F)(F)F)c3)ON2)cc1. The molecule has 0 aliphatic carbocycles. The van der Waals surface area contributed by atoms with Crippen LogP contribution in [0.2, 0.25) is 0 Å². The Bertz CT molecular complexity index is 868. The molecule has 26 heavy (non-hydrogen) atoms. The van der Waals surface area contributed by atoms with Gasteiger partial charge >= 0.3 is 6.18 Å². The van der Waals surface area contributed by atoms with Crippen molar-refractivity contribution in [1.29, 1.82) is 5.26 Å². The molecule has 2 aromatic rings. The molecule has 1 heterocycles. The Morgan fingerprint density at radius 1 is 1.19 bits per heavy atom. The van der Waals surface area contributed by atoms with Crippen LogP contribution in [0.1, 0.15) is 22.3 Å². The van der Waals surface area contributed by atoms with Crippen LogP contribution in [-0.4, -0.2) is 13.2 Å². The molecule has 0 amide bonds. The zero-order valence-electron chi connectivity index (χ0n) is 13.8. The number of rotatable bonds is 4. The van der Waals surface area contributed by atoms with E-state index in [0.717, 1.165) is 23.1 Å². The smallest absolute Gasteiger partial charge is 0.417 e. The van der Waals surface area contributed by atoms with Crippen LogP contribution in [0.25, 0.3) is 5.70 Å². The van der Waals surface area contributed by atoms with E-state index >= 15 is 0 Å². The van der Waals surface area contributed by atoms with Gasteiger partial charge in [-0.3, -0.25) is 10.3 Å². The summed E-state index contributed by atoms with van der Waals surface area (Å²) >= 11 is 0. The van der Waals surface area contributed by atoms with Crippen LogP contribution in [0.3, 0.4) is 0 Å². The van der Waals surface area contributed by atoms with Crippen molar-refractivity contribution in [1.82, 2.24) is 5.48 Å². The molecule has 0 saturated heterocycles. The third-order valence-electron chi connectivity index (χ3n) is 4.02. The molecule has 1 aliphatic rings. The molecular formula is C19H15F3N2O2. The number of halogens is 3. The fraction of sp³-hybridized carbons (Fsp3) is 0.211. The Kier molecular flexibility index (Phi) is 4.87. The molecule has 134 valence electrons. The lowest BCUT2D eigenvalue weighted by Gasteiger charge is -2.12. The van der Waals surface area contributed by atoms with E-state index in [0.29, 0.717) is 5.56 Å². The lowest BCUT2D eigenvalue weighted by atomic mass is 10.00. The topological polar surface area (TPSA) is 54.3 Å². The van der Waals surface area contributed by atoms with Gasteiger partial charge in [-0.25, -0.2) is 0 Å². The quantitative estimate of drug-likeness (QED) is 0.893. The Labute approximate surface area is 148 Å². The van der Waals surface area contributed by atoms with Gasteiger partial charge in [-0.05, 0) is 53.6 Å². The standard InChI is InChI=1S/C19H15F3N2O2/c1-25-15-6-4-13(5-7-15)18-10-16(26-24-18)8-12-2-3-14(11-23)17(9-12)19(20,21)22/h2-7,9-10,16,24H,8H2,1H3. The van der Waals surface area contributed by atoms with Crippen molar-refractivity contribution < 1.29 is 22.7 Å². The Morgan fingerprint density at radius 3 is 2.54 bits per heavy atom. The van der Waals surface area contributed by atoms with Crippen LogP contribution in [0.5, 0.6) is 5.75 Å². The predicted octanol–water partition coefficient (Wildman–Crippen LogP) is 4.07. The summed E-state index contributed by atoms with van der Waals surface area (Å²) in [4.78, 5) is 5.44. The van der Waals surface area contributed by atoms with Crippen molar-refractivity contribution in [2.45, 2.75) is 18.7 Å². The number of hydrogen-bond donors (Lipinski definition) is 1. The molecule has 2 aromatic carbocycles. The van der Waals surface area contributed by atoms with Gasteiger partial charge in [0.1, 0.15) is 11.9 Å². The number of hydrogen-bond acceptors (Lipinski definition) is 4. The van der Waals surface area contributed by atoms with E-state index in [9.17, 15) is 13.2 Å². The third kappa shape index (κ3) is 3.81. The minimum Gasteiger partial charge on any atom is -0.497 e. The first-order chi connectivity index (χ1) is 12.4. The molecule has 1 N–H and O–H groups in total. The van der Waals surface area contributed by atoms with Crippen LogP contribution in [-0.2, 0) is 17.4 Å². The van der Waals surface area contributed by atoms with Gasteiger partial charge in [0.2, 0.25) is 0 Å². The molecular weight excluding hydrogens is 345 g/mol. The maximum absolute atomic E-state index is 13.1. The van der Waals surface area contributed by atoms with Crippen molar-refractivity contribution in [2.24, 2.45) is 0 Å².